The van der Waals surface area contributed by atoms with Gasteiger partial charge < -0.3 is 0 Å². The first-order valence-electron chi connectivity index (χ1n) is 32.6. The summed E-state index contributed by atoms with van der Waals surface area (Å²) in [6.07, 6.45) is 5.31. The standard InChI is InChI=1S/C19H16.C13H12.C10H8.C9H7N.2C7H8.C6H5F.C5H5N.4C2H6/c1-15-12-18(16-8-4-2-5-9-16)14-19(13-15)17-10-6-3-7-11-17;1-11-7-9-13(10-8-11)12-5-3-2-4-6-12;1-2-6-10-8-4-3-7-9(10)5-1;1-2-6-9-8(4-1)5-3-7-10-9;2*1-7-5-3-2-4-6-7;7-6-4-2-1-3-5-6;1-2-4-6-5-3-1;4*1-2/h2-14H,1H3;2-10H,1H3;1-8H;1-7H;2*2-6H,1H3;1-5H;1-5H;4*1-2H3/i;;;;2D,3D,4D,5D,6D;;;;;;;. The average Bonchev–Trinajstić information content (AvgIpc) is 1.22. The van der Waals surface area contributed by atoms with Gasteiger partial charge in [0.15, 0.2) is 0 Å². The van der Waals surface area contributed by atoms with Crippen molar-refractivity contribution in [1.82, 2.24) is 9.97 Å². The number of rotatable bonds is 3. The molecule has 446 valence electrons. The first-order valence-corrected chi connectivity index (χ1v) is 30.1. The normalized spacial score (nSPS) is 9.78. The van der Waals surface area contributed by atoms with E-state index in [2.05, 4.69) is 231 Å². The predicted molar refractivity (Wildman–Crippen MR) is 383 cm³/mol. The highest BCUT2D eigenvalue weighted by Crippen LogP contribution is 2.28. The van der Waals surface area contributed by atoms with Gasteiger partial charge in [0, 0.05) is 24.0 Å². The maximum atomic E-state index is 11.9. The summed E-state index contributed by atoms with van der Waals surface area (Å²) >= 11 is 0. The quantitative estimate of drug-likeness (QED) is 0.176. The number of aryl methyl sites for hydroxylation is 3. The molecule has 0 aliphatic carbocycles. The number of hydrogen-bond acceptors (Lipinski definition) is 2. The zero-order chi connectivity index (χ0) is 67.7. The molecule has 3 heteroatoms. The van der Waals surface area contributed by atoms with E-state index in [1.54, 1.807) is 30.6 Å². The van der Waals surface area contributed by atoms with Crippen molar-refractivity contribution < 1.29 is 11.2 Å². The number of benzene rings is 11. The molecule has 11 aromatic carbocycles. The predicted octanol–water partition coefficient (Wildman–Crippen LogP) is 25.1. The Balaban J connectivity index is 0.000000360. The zero-order valence-electron chi connectivity index (χ0n) is 58.3. The fourth-order valence-corrected chi connectivity index (χ4v) is 7.48. The van der Waals surface area contributed by atoms with Crippen LogP contribution in [-0.4, -0.2) is 9.97 Å². The Morgan fingerprint density at radius 3 is 0.954 bits per heavy atom. The summed E-state index contributed by atoms with van der Waals surface area (Å²) in [5.74, 6) is -0.178. The smallest absolute Gasteiger partial charge is 0.123 e. The number of halogens is 1. The molecule has 0 aliphatic heterocycles. The molecule has 2 heterocycles. The van der Waals surface area contributed by atoms with Gasteiger partial charge in [0.2, 0.25) is 0 Å². The Morgan fingerprint density at radius 2 is 0.598 bits per heavy atom. The van der Waals surface area contributed by atoms with Gasteiger partial charge in [-0.1, -0.05) is 357 Å². The molecule has 13 aromatic rings. The van der Waals surface area contributed by atoms with Gasteiger partial charge in [0.25, 0.3) is 0 Å². The minimum absolute atomic E-state index is 0.124. The van der Waals surface area contributed by atoms with E-state index in [0.29, 0.717) is 5.56 Å². The Morgan fingerprint density at radius 1 is 0.264 bits per heavy atom. The molecule has 13 rings (SSSR count). The van der Waals surface area contributed by atoms with Crippen LogP contribution in [0.4, 0.5) is 4.39 Å². The van der Waals surface area contributed by atoms with E-state index < -0.39 is 0 Å². The third-order valence-electron chi connectivity index (χ3n) is 11.5. The molecule has 0 amide bonds. The average molecular weight is 1150 g/mol. The lowest BCUT2D eigenvalue weighted by molar-refractivity contribution is 0.628. The molecule has 2 nitrogen and oxygen atoms in total. The van der Waals surface area contributed by atoms with Gasteiger partial charge >= 0.3 is 0 Å². The van der Waals surface area contributed by atoms with Crippen LogP contribution in [0.15, 0.2) is 346 Å². The molecule has 0 N–H and O–H groups in total. The fraction of sp³-hybridized carbons (Fsp3) is 0.143. The molecule has 0 fully saturated rings. The van der Waals surface area contributed by atoms with Crippen LogP contribution in [0.1, 0.15) is 84.5 Å². The van der Waals surface area contributed by atoms with E-state index >= 15 is 0 Å². The molecular weight excluding hydrogens is 1060 g/mol. The monoisotopic (exact) mass is 1150 g/mol. The van der Waals surface area contributed by atoms with Crippen molar-refractivity contribution in [3.8, 4) is 33.4 Å². The van der Waals surface area contributed by atoms with Gasteiger partial charge in [0.1, 0.15) is 5.82 Å². The molecule has 0 saturated heterocycles. The van der Waals surface area contributed by atoms with Gasteiger partial charge in [-0.2, -0.15) is 0 Å². The second kappa shape index (κ2) is 48.5. The summed E-state index contributed by atoms with van der Waals surface area (Å²) in [5, 5.41) is 3.82. The fourth-order valence-electron chi connectivity index (χ4n) is 7.48. The van der Waals surface area contributed by atoms with Crippen LogP contribution >= 0.6 is 0 Å². The molecule has 2 aromatic heterocycles. The highest BCUT2D eigenvalue weighted by molar-refractivity contribution is 5.82. The maximum absolute atomic E-state index is 11.9. The Kier molecular flexibility index (Phi) is 36.1. The highest BCUT2D eigenvalue weighted by Gasteiger charge is 2.03. The second-order valence-corrected chi connectivity index (χ2v) is 17.8. The molecule has 0 unspecified atom stereocenters. The van der Waals surface area contributed by atoms with Crippen molar-refractivity contribution in [2.75, 3.05) is 0 Å². The minimum atomic E-state index is -0.337. The second-order valence-electron chi connectivity index (χ2n) is 17.8. The lowest BCUT2D eigenvalue weighted by atomic mass is 9.97. The third-order valence-corrected chi connectivity index (χ3v) is 11.5. The first kappa shape index (κ1) is 64.7. The minimum Gasteiger partial charge on any atom is -0.265 e. The number of aromatic nitrogens is 2. The van der Waals surface area contributed by atoms with Crippen molar-refractivity contribution in [3.63, 3.8) is 0 Å². The van der Waals surface area contributed by atoms with E-state index in [9.17, 15) is 4.39 Å². The van der Waals surface area contributed by atoms with Crippen molar-refractivity contribution in [3.05, 3.63) is 374 Å². The van der Waals surface area contributed by atoms with Crippen LogP contribution in [0.5, 0.6) is 0 Å². The van der Waals surface area contributed by atoms with E-state index in [1.165, 1.54) is 85.3 Å². The molecule has 87 heavy (non-hydrogen) atoms. The topological polar surface area (TPSA) is 25.8 Å². The first-order chi connectivity index (χ1) is 44.9. The summed E-state index contributed by atoms with van der Waals surface area (Å²) in [6, 6.07) is 98.4. The van der Waals surface area contributed by atoms with E-state index in [1.807, 2.05) is 128 Å². The van der Waals surface area contributed by atoms with Crippen molar-refractivity contribution in [1.29, 1.82) is 0 Å². The summed E-state index contributed by atoms with van der Waals surface area (Å²) in [6.45, 7) is 23.9. The zero-order valence-corrected chi connectivity index (χ0v) is 53.3. The van der Waals surface area contributed by atoms with E-state index in [0.717, 1.165) is 5.52 Å². The van der Waals surface area contributed by atoms with Crippen LogP contribution in [0.2, 0.25) is 0 Å². The van der Waals surface area contributed by atoms with Crippen molar-refractivity contribution >= 4 is 21.7 Å². The van der Waals surface area contributed by atoms with Gasteiger partial charge in [-0.25, -0.2) is 4.39 Å². The summed E-state index contributed by atoms with van der Waals surface area (Å²) < 4.78 is 48.2. The van der Waals surface area contributed by atoms with Crippen LogP contribution in [0, 0.1) is 33.5 Å². The highest BCUT2D eigenvalue weighted by atomic mass is 19.1. The Labute approximate surface area is 530 Å². The lowest BCUT2D eigenvalue weighted by Crippen LogP contribution is -1.84. The van der Waals surface area contributed by atoms with Crippen LogP contribution in [0.25, 0.3) is 55.1 Å². The summed E-state index contributed by atoms with van der Waals surface area (Å²) in [7, 11) is 0. The van der Waals surface area contributed by atoms with Crippen LogP contribution in [0.3, 0.4) is 0 Å². The van der Waals surface area contributed by atoms with Crippen LogP contribution in [-0.2, 0) is 0 Å². The molecule has 0 saturated carbocycles. The Hall–Kier alpha value is -9.83. The van der Waals surface area contributed by atoms with Crippen molar-refractivity contribution in [2.45, 2.75) is 83.1 Å². The largest absolute Gasteiger partial charge is 0.265 e. The summed E-state index contributed by atoms with van der Waals surface area (Å²) in [4.78, 5) is 7.97. The number of para-hydroxylation sites is 1. The van der Waals surface area contributed by atoms with Crippen LogP contribution < -0.4 is 0 Å². The molecule has 0 radical (unpaired) electrons. The van der Waals surface area contributed by atoms with Crippen molar-refractivity contribution in [2.24, 2.45) is 0 Å². The number of nitrogens with zero attached hydrogens (tertiary/aromatic N) is 2. The molecule has 0 atom stereocenters. The van der Waals surface area contributed by atoms with Gasteiger partial charge in [-0.3, -0.25) is 9.97 Å². The van der Waals surface area contributed by atoms with Gasteiger partial charge in [-0.05, 0) is 120 Å². The maximum Gasteiger partial charge on any atom is 0.123 e. The SMILES string of the molecule is CC.CC.CC.CC.Cc1cc(-c2ccccc2)cc(-c2ccccc2)c1.Cc1ccc(-c2ccccc2)cc1.Cc1ccccc1.Fc1ccccc1.[2H]c1c([2H])c([2H])c(C)c([2H])c1[2H].c1ccc2ccccc2c1.c1ccc2ncccc2c1.c1ccncc1. The van der Waals surface area contributed by atoms with Gasteiger partial charge in [-0.15, -0.1) is 0 Å². The molecular formula is C84H93FN2. The van der Waals surface area contributed by atoms with E-state index in [-0.39, 0.29) is 36.0 Å². The number of hydrogen-bond donors (Lipinski definition) is 0. The third kappa shape index (κ3) is 32.1. The molecule has 0 bridgehead atoms. The number of pyridine rings is 2. The number of fused-ring (bicyclic) bond motifs is 2. The van der Waals surface area contributed by atoms with Gasteiger partial charge in [0.05, 0.1) is 12.4 Å². The molecule has 0 aliphatic rings. The molecule has 0 spiro atoms. The lowest BCUT2D eigenvalue weighted by Gasteiger charge is -2.08. The summed E-state index contributed by atoms with van der Waals surface area (Å²) in [5.41, 5.74) is 12.9. The Bertz CT molecular complexity index is 3510. The van der Waals surface area contributed by atoms with E-state index in [4.69, 9.17) is 6.85 Å².